The maximum atomic E-state index is 13.0. The van der Waals surface area contributed by atoms with Gasteiger partial charge in [-0.2, -0.15) is 0 Å². The smallest absolute Gasteiger partial charge is 0.307 e. The van der Waals surface area contributed by atoms with Gasteiger partial charge in [-0.1, -0.05) is 34.1 Å². The van der Waals surface area contributed by atoms with Gasteiger partial charge in [0.15, 0.2) is 0 Å². The van der Waals surface area contributed by atoms with E-state index in [0.717, 1.165) is 12.0 Å². The van der Waals surface area contributed by atoms with Crippen molar-refractivity contribution < 1.29 is 19.1 Å². The zero-order valence-electron chi connectivity index (χ0n) is 11.6. The number of carbonyl (C=O) groups excluding carboxylic acids is 1. The molecule has 1 fully saturated rings. The summed E-state index contributed by atoms with van der Waals surface area (Å²) in [7, 11) is 0. The van der Waals surface area contributed by atoms with Gasteiger partial charge in [0, 0.05) is 11.0 Å². The summed E-state index contributed by atoms with van der Waals surface area (Å²) in [5.74, 6) is -2.73. The van der Waals surface area contributed by atoms with Crippen molar-refractivity contribution in [2.75, 3.05) is 0 Å². The minimum atomic E-state index is -0.917. The van der Waals surface area contributed by atoms with Crippen LogP contribution in [0, 0.1) is 29.5 Å². The maximum absolute atomic E-state index is 13.0. The van der Waals surface area contributed by atoms with Crippen molar-refractivity contribution in [1.29, 1.82) is 0 Å². The van der Waals surface area contributed by atoms with Crippen LogP contribution in [-0.4, -0.2) is 17.0 Å². The number of rotatable bonds is 4. The number of halogens is 2. The Labute approximate surface area is 135 Å². The summed E-state index contributed by atoms with van der Waals surface area (Å²) >= 11 is 3.25. The molecule has 2 aliphatic carbocycles. The molecule has 2 bridgehead atoms. The summed E-state index contributed by atoms with van der Waals surface area (Å²) in [6, 6.07) is 4.25. The first-order valence-electron chi connectivity index (χ1n) is 7.10. The highest BCUT2D eigenvalue weighted by Crippen LogP contribution is 2.48. The predicted octanol–water partition coefficient (Wildman–Crippen LogP) is 2.73. The Kier molecular flexibility index (Phi) is 4.04. The van der Waals surface area contributed by atoms with Crippen LogP contribution >= 0.6 is 15.9 Å². The third kappa shape index (κ3) is 2.67. The highest BCUT2D eigenvalue weighted by molar-refractivity contribution is 9.10. The second kappa shape index (κ2) is 5.83. The van der Waals surface area contributed by atoms with Crippen LogP contribution in [0.15, 0.2) is 34.8 Å². The normalized spacial score (nSPS) is 28.8. The fourth-order valence-electron chi connectivity index (χ4n) is 3.48. The van der Waals surface area contributed by atoms with E-state index < -0.39 is 17.8 Å². The first kappa shape index (κ1) is 15.2. The standard InChI is InChI=1S/C16H15BrFNO3/c17-12-6-11(18)4-3-10(12)7-19-15(20)13-8-1-2-9(5-8)14(13)16(21)22/h1-4,6,8-9,13-14H,5,7H2,(H,19,20)(H,21,22). The van der Waals surface area contributed by atoms with E-state index in [1.54, 1.807) is 6.07 Å². The van der Waals surface area contributed by atoms with E-state index in [9.17, 15) is 19.1 Å². The van der Waals surface area contributed by atoms with Gasteiger partial charge >= 0.3 is 5.97 Å². The molecule has 0 saturated heterocycles. The Morgan fingerprint density at radius 1 is 1.27 bits per heavy atom. The van der Waals surface area contributed by atoms with Crippen molar-refractivity contribution in [3.63, 3.8) is 0 Å². The van der Waals surface area contributed by atoms with Crippen LogP contribution in [0.2, 0.25) is 0 Å². The van der Waals surface area contributed by atoms with E-state index in [1.165, 1.54) is 12.1 Å². The summed E-state index contributed by atoms with van der Waals surface area (Å²) in [5, 5.41) is 12.1. The summed E-state index contributed by atoms with van der Waals surface area (Å²) in [6.45, 7) is 0.240. The Hall–Kier alpha value is -1.69. The molecule has 6 heteroatoms. The third-order valence-electron chi connectivity index (χ3n) is 4.52. The van der Waals surface area contributed by atoms with E-state index in [-0.39, 0.29) is 30.1 Å². The third-order valence-corrected chi connectivity index (χ3v) is 5.25. The number of hydrogen-bond acceptors (Lipinski definition) is 2. The van der Waals surface area contributed by atoms with Gasteiger partial charge in [-0.3, -0.25) is 9.59 Å². The van der Waals surface area contributed by atoms with Crippen LogP contribution in [0.5, 0.6) is 0 Å². The quantitative estimate of drug-likeness (QED) is 0.804. The maximum Gasteiger partial charge on any atom is 0.307 e. The van der Waals surface area contributed by atoms with E-state index in [4.69, 9.17) is 0 Å². The largest absolute Gasteiger partial charge is 0.481 e. The minimum absolute atomic E-state index is 0.00255. The molecule has 0 spiro atoms. The average Bonchev–Trinajstić information content (AvgIpc) is 3.06. The molecule has 1 aromatic carbocycles. The molecule has 0 heterocycles. The highest BCUT2D eigenvalue weighted by Gasteiger charge is 2.51. The lowest BCUT2D eigenvalue weighted by atomic mass is 9.82. The highest BCUT2D eigenvalue weighted by atomic mass is 79.9. The molecule has 2 aliphatic rings. The van der Waals surface area contributed by atoms with Gasteiger partial charge in [-0.25, -0.2) is 4.39 Å². The van der Waals surface area contributed by atoms with E-state index in [0.29, 0.717) is 4.47 Å². The molecule has 116 valence electrons. The van der Waals surface area contributed by atoms with E-state index >= 15 is 0 Å². The minimum Gasteiger partial charge on any atom is -0.481 e. The molecule has 3 rings (SSSR count). The lowest BCUT2D eigenvalue weighted by Gasteiger charge is -2.24. The predicted molar refractivity (Wildman–Crippen MR) is 81.3 cm³/mol. The van der Waals surface area contributed by atoms with Crippen LogP contribution in [0.3, 0.4) is 0 Å². The molecule has 1 aromatic rings. The monoisotopic (exact) mass is 367 g/mol. The Morgan fingerprint density at radius 3 is 2.59 bits per heavy atom. The van der Waals surface area contributed by atoms with Gasteiger partial charge in [0.2, 0.25) is 5.91 Å². The lowest BCUT2D eigenvalue weighted by molar-refractivity contribution is -0.147. The number of hydrogen-bond donors (Lipinski definition) is 2. The number of carboxylic acid groups (broad SMARTS) is 1. The van der Waals surface area contributed by atoms with Gasteiger partial charge in [0.25, 0.3) is 0 Å². The van der Waals surface area contributed by atoms with Crippen molar-refractivity contribution >= 4 is 27.8 Å². The number of amides is 1. The van der Waals surface area contributed by atoms with Gasteiger partial charge in [0.1, 0.15) is 5.82 Å². The molecule has 4 atom stereocenters. The molecular weight excluding hydrogens is 353 g/mol. The van der Waals surface area contributed by atoms with Gasteiger partial charge in [-0.15, -0.1) is 0 Å². The number of carbonyl (C=O) groups is 2. The second-order valence-electron chi connectivity index (χ2n) is 5.79. The van der Waals surface area contributed by atoms with Crippen LogP contribution in [0.25, 0.3) is 0 Å². The van der Waals surface area contributed by atoms with Crippen LogP contribution in [-0.2, 0) is 16.1 Å². The molecule has 0 aromatic heterocycles. The van der Waals surface area contributed by atoms with E-state index in [1.807, 2.05) is 12.2 Å². The van der Waals surface area contributed by atoms with E-state index in [2.05, 4.69) is 21.2 Å². The topological polar surface area (TPSA) is 66.4 Å². The van der Waals surface area contributed by atoms with Crippen molar-refractivity contribution in [3.8, 4) is 0 Å². The summed E-state index contributed by atoms with van der Waals surface area (Å²) < 4.78 is 13.6. The molecule has 22 heavy (non-hydrogen) atoms. The number of aliphatic carboxylic acids is 1. The molecule has 0 radical (unpaired) electrons. The Morgan fingerprint density at radius 2 is 1.95 bits per heavy atom. The van der Waals surface area contributed by atoms with Crippen LogP contribution in [0.1, 0.15) is 12.0 Å². The first-order chi connectivity index (χ1) is 10.5. The molecule has 1 amide bonds. The summed E-state index contributed by atoms with van der Waals surface area (Å²) in [5.41, 5.74) is 0.750. The molecule has 2 N–H and O–H groups in total. The number of nitrogens with one attached hydrogen (secondary N) is 1. The number of benzene rings is 1. The summed E-state index contributed by atoms with van der Waals surface area (Å²) in [6.07, 6.45) is 4.58. The number of fused-ring (bicyclic) bond motifs is 2. The SMILES string of the molecule is O=C(O)C1C2C=CC(C2)C1C(=O)NCc1ccc(F)cc1Br. The fourth-order valence-corrected chi connectivity index (χ4v) is 3.97. The Balaban J connectivity index is 1.69. The summed E-state index contributed by atoms with van der Waals surface area (Å²) in [4.78, 5) is 23.8. The number of allylic oxidation sites excluding steroid dienone is 2. The van der Waals surface area contributed by atoms with Gasteiger partial charge < -0.3 is 10.4 Å². The second-order valence-corrected chi connectivity index (χ2v) is 6.65. The van der Waals surface area contributed by atoms with Crippen LogP contribution < -0.4 is 5.32 Å². The first-order valence-corrected chi connectivity index (χ1v) is 7.89. The van der Waals surface area contributed by atoms with Gasteiger partial charge in [-0.05, 0) is 36.0 Å². The van der Waals surface area contributed by atoms with Crippen molar-refractivity contribution in [3.05, 3.63) is 46.2 Å². The average molecular weight is 368 g/mol. The van der Waals surface area contributed by atoms with Crippen molar-refractivity contribution in [2.24, 2.45) is 23.7 Å². The molecule has 4 unspecified atom stereocenters. The Bertz CT molecular complexity index is 661. The molecular formula is C16H15BrFNO3. The van der Waals surface area contributed by atoms with Crippen molar-refractivity contribution in [1.82, 2.24) is 5.32 Å². The molecule has 0 aliphatic heterocycles. The molecule has 1 saturated carbocycles. The number of carboxylic acids is 1. The lowest BCUT2D eigenvalue weighted by Crippen LogP contribution is -2.39. The zero-order chi connectivity index (χ0) is 15.9. The van der Waals surface area contributed by atoms with Crippen LogP contribution in [0.4, 0.5) is 4.39 Å². The van der Waals surface area contributed by atoms with Crippen molar-refractivity contribution in [2.45, 2.75) is 13.0 Å². The fraction of sp³-hybridized carbons (Fsp3) is 0.375. The molecule has 4 nitrogen and oxygen atoms in total. The van der Waals surface area contributed by atoms with Gasteiger partial charge in [0.05, 0.1) is 11.8 Å². The zero-order valence-corrected chi connectivity index (χ0v) is 13.2.